The average molecular weight is 291 g/mol. The summed E-state index contributed by atoms with van der Waals surface area (Å²) in [5, 5.41) is 2.09. The topological polar surface area (TPSA) is 26.0 Å². The second-order valence-electron chi connectivity index (χ2n) is 4.73. The van der Waals surface area contributed by atoms with Crippen molar-refractivity contribution in [2.24, 2.45) is 5.73 Å². The van der Waals surface area contributed by atoms with E-state index in [1.54, 1.807) is 34.8 Å². The fourth-order valence-corrected chi connectivity index (χ4v) is 4.62. The lowest BCUT2D eigenvalue weighted by Crippen LogP contribution is -2.13. The van der Waals surface area contributed by atoms with Crippen LogP contribution in [0.25, 0.3) is 9.40 Å². The molecule has 0 spiro atoms. The molecule has 0 saturated heterocycles. The fraction of sp³-hybridized carbons (Fsp3) is 0.200. The lowest BCUT2D eigenvalue weighted by molar-refractivity contribution is 0.623. The van der Waals surface area contributed by atoms with Crippen molar-refractivity contribution in [1.29, 1.82) is 0 Å². The molecule has 2 aromatic heterocycles. The van der Waals surface area contributed by atoms with Crippen LogP contribution in [0.3, 0.4) is 0 Å². The first kappa shape index (κ1) is 12.8. The van der Waals surface area contributed by atoms with Gasteiger partial charge in [-0.05, 0) is 60.2 Å². The predicted molar refractivity (Wildman–Crippen MR) is 81.6 cm³/mol. The second-order valence-corrected chi connectivity index (χ2v) is 6.79. The Morgan fingerprint density at radius 3 is 2.42 bits per heavy atom. The highest BCUT2D eigenvalue weighted by Gasteiger charge is 2.17. The molecule has 1 atom stereocenters. The minimum Gasteiger partial charge on any atom is -0.320 e. The highest BCUT2D eigenvalue weighted by atomic mass is 32.1. The first-order chi connectivity index (χ1) is 9.06. The average Bonchev–Trinajstić information content (AvgIpc) is 2.86. The lowest BCUT2D eigenvalue weighted by atomic mass is 9.95. The third-order valence-electron chi connectivity index (χ3n) is 3.33. The van der Waals surface area contributed by atoms with Crippen molar-refractivity contribution in [2.45, 2.75) is 19.9 Å². The van der Waals surface area contributed by atoms with Crippen LogP contribution >= 0.6 is 22.7 Å². The van der Waals surface area contributed by atoms with E-state index in [1.165, 1.54) is 9.40 Å². The van der Waals surface area contributed by atoms with Crippen molar-refractivity contribution in [3.63, 3.8) is 0 Å². The summed E-state index contributed by atoms with van der Waals surface area (Å²) in [6.07, 6.45) is 0. The molecule has 0 amide bonds. The molecule has 1 nitrogen and oxygen atoms in total. The standard InChI is InChI=1S/C15H14FNS2/c1-8-5-10(16)6-9(2)14(8)15(17)13-7-12-11(19-13)3-4-18-12/h3-7,15H,17H2,1-2H3. The minimum atomic E-state index is -0.196. The van der Waals surface area contributed by atoms with Gasteiger partial charge in [0.25, 0.3) is 0 Å². The van der Waals surface area contributed by atoms with Crippen LogP contribution in [-0.4, -0.2) is 0 Å². The zero-order valence-electron chi connectivity index (χ0n) is 10.7. The summed E-state index contributed by atoms with van der Waals surface area (Å²) >= 11 is 3.45. The Bertz CT molecular complexity index is 690. The summed E-state index contributed by atoms with van der Waals surface area (Å²) in [6.45, 7) is 3.84. The van der Waals surface area contributed by atoms with E-state index >= 15 is 0 Å². The van der Waals surface area contributed by atoms with Gasteiger partial charge in [0.1, 0.15) is 5.82 Å². The summed E-state index contributed by atoms with van der Waals surface area (Å²) in [5.74, 6) is -0.196. The number of nitrogens with two attached hydrogens (primary N) is 1. The summed E-state index contributed by atoms with van der Waals surface area (Å²) in [5.41, 5.74) is 9.26. The normalized spacial score (nSPS) is 13.1. The number of rotatable bonds is 2. The highest BCUT2D eigenvalue weighted by Crippen LogP contribution is 2.36. The van der Waals surface area contributed by atoms with Crippen molar-refractivity contribution in [2.75, 3.05) is 0 Å². The Morgan fingerprint density at radius 1 is 1.11 bits per heavy atom. The van der Waals surface area contributed by atoms with Crippen LogP contribution in [0.2, 0.25) is 0 Å². The van der Waals surface area contributed by atoms with Gasteiger partial charge in [-0.3, -0.25) is 0 Å². The van der Waals surface area contributed by atoms with E-state index in [9.17, 15) is 4.39 Å². The van der Waals surface area contributed by atoms with Gasteiger partial charge in [-0.15, -0.1) is 22.7 Å². The molecule has 4 heteroatoms. The largest absolute Gasteiger partial charge is 0.320 e. The molecule has 3 rings (SSSR count). The van der Waals surface area contributed by atoms with Crippen molar-refractivity contribution < 1.29 is 4.39 Å². The van der Waals surface area contributed by atoms with E-state index in [2.05, 4.69) is 17.5 Å². The van der Waals surface area contributed by atoms with Crippen LogP contribution in [0.4, 0.5) is 4.39 Å². The third kappa shape index (κ3) is 2.20. The molecule has 0 radical (unpaired) electrons. The number of hydrogen-bond donors (Lipinski definition) is 1. The lowest BCUT2D eigenvalue weighted by Gasteiger charge is -2.16. The Labute approximate surface area is 119 Å². The van der Waals surface area contributed by atoms with Gasteiger partial charge in [0.05, 0.1) is 6.04 Å². The van der Waals surface area contributed by atoms with Crippen LogP contribution in [0, 0.1) is 19.7 Å². The molecule has 3 aromatic rings. The second kappa shape index (κ2) is 4.71. The van der Waals surface area contributed by atoms with Gasteiger partial charge in [-0.2, -0.15) is 0 Å². The summed E-state index contributed by atoms with van der Waals surface area (Å²) < 4.78 is 15.9. The van der Waals surface area contributed by atoms with Crippen LogP contribution in [-0.2, 0) is 0 Å². The van der Waals surface area contributed by atoms with Crippen LogP contribution in [0.15, 0.2) is 29.6 Å². The molecule has 0 aliphatic carbocycles. The fourth-order valence-electron chi connectivity index (χ4n) is 2.49. The minimum absolute atomic E-state index is 0.176. The van der Waals surface area contributed by atoms with Gasteiger partial charge < -0.3 is 5.73 Å². The molecular formula is C15H14FNS2. The molecule has 2 N–H and O–H groups in total. The number of fused-ring (bicyclic) bond motifs is 1. The molecule has 0 aliphatic rings. The van der Waals surface area contributed by atoms with Gasteiger partial charge in [0.15, 0.2) is 0 Å². The van der Waals surface area contributed by atoms with Gasteiger partial charge in [0, 0.05) is 14.3 Å². The van der Waals surface area contributed by atoms with E-state index in [1.807, 2.05) is 13.8 Å². The Balaban J connectivity index is 2.09. The van der Waals surface area contributed by atoms with Crippen molar-refractivity contribution in [1.82, 2.24) is 0 Å². The summed E-state index contributed by atoms with van der Waals surface area (Å²) in [7, 11) is 0. The Kier molecular flexibility index (Phi) is 3.17. The molecule has 0 aliphatic heterocycles. The summed E-state index contributed by atoms with van der Waals surface area (Å²) in [6, 6.07) is 7.20. The number of hydrogen-bond acceptors (Lipinski definition) is 3. The number of thiophene rings is 2. The molecular weight excluding hydrogens is 277 g/mol. The molecule has 19 heavy (non-hydrogen) atoms. The molecule has 0 bridgehead atoms. The van der Waals surface area contributed by atoms with Gasteiger partial charge >= 0.3 is 0 Å². The van der Waals surface area contributed by atoms with E-state index in [0.29, 0.717) is 0 Å². The number of benzene rings is 1. The van der Waals surface area contributed by atoms with Gasteiger partial charge in [-0.1, -0.05) is 0 Å². The number of halogens is 1. The van der Waals surface area contributed by atoms with Gasteiger partial charge in [0.2, 0.25) is 0 Å². The maximum absolute atomic E-state index is 13.4. The summed E-state index contributed by atoms with van der Waals surface area (Å²) in [4.78, 5) is 1.14. The first-order valence-electron chi connectivity index (χ1n) is 6.05. The third-order valence-corrected chi connectivity index (χ3v) is 5.51. The van der Waals surface area contributed by atoms with Crippen molar-refractivity contribution in [3.05, 3.63) is 57.0 Å². The van der Waals surface area contributed by atoms with Crippen molar-refractivity contribution in [3.8, 4) is 0 Å². The zero-order chi connectivity index (χ0) is 13.6. The Hall–Kier alpha value is -1.23. The molecule has 1 aromatic carbocycles. The van der Waals surface area contributed by atoms with E-state index in [0.717, 1.165) is 21.6 Å². The first-order valence-corrected chi connectivity index (χ1v) is 7.75. The van der Waals surface area contributed by atoms with E-state index in [4.69, 9.17) is 5.73 Å². The van der Waals surface area contributed by atoms with Crippen molar-refractivity contribution >= 4 is 32.1 Å². The number of aryl methyl sites for hydroxylation is 2. The maximum atomic E-state index is 13.4. The molecule has 0 fully saturated rings. The van der Waals surface area contributed by atoms with E-state index in [-0.39, 0.29) is 11.9 Å². The van der Waals surface area contributed by atoms with Gasteiger partial charge in [-0.25, -0.2) is 4.39 Å². The predicted octanol–water partition coefficient (Wildman–Crippen LogP) is 4.77. The SMILES string of the molecule is Cc1cc(F)cc(C)c1C(N)c1cc2sccc2s1. The molecule has 0 saturated carbocycles. The molecule has 98 valence electrons. The zero-order valence-corrected chi connectivity index (χ0v) is 12.4. The van der Waals surface area contributed by atoms with Crippen LogP contribution < -0.4 is 5.73 Å². The Morgan fingerprint density at radius 2 is 1.79 bits per heavy atom. The molecule has 1 unspecified atom stereocenters. The van der Waals surface area contributed by atoms with Crippen LogP contribution in [0.5, 0.6) is 0 Å². The smallest absolute Gasteiger partial charge is 0.123 e. The molecule has 2 heterocycles. The van der Waals surface area contributed by atoms with Crippen LogP contribution in [0.1, 0.15) is 27.6 Å². The quantitative estimate of drug-likeness (QED) is 0.723. The highest BCUT2D eigenvalue weighted by molar-refractivity contribution is 7.27. The maximum Gasteiger partial charge on any atom is 0.123 e. The monoisotopic (exact) mass is 291 g/mol. The van der Waals surface area contributed by atoms with E-state index < -0.39 is 0 Å².